The third-order valence-electron chi connectivity index (χ3n) is 4.12. The van der Waals surface area contributed by atoms with Gasteiger partial charge in [-0.25, -0.2) is 0 Å². The first-order valence-corrected chi connectivity index (χ1v) is 6.77. The summed E-state index contributed by atoms with van der Waals surface area (Å²) in [6, 6.07) is 4.37. The molecular weight excluding hydrogens is 222 g/mol. The Kier molecular flexibility index (Phi) is 3.18. The molecule has 0 amide bonds. The van der Waals surface area contributed by atoms with Crippen LogP contribution in [0.5, 0.6) is 5.75 Å². The van der Waals surface area contributed by atoms with E-state index in [0.29, 0.717) is 0 Å². The van der Waals surface area contributed by atoms with Crippen molar-refractivity contribution in [2.75, 3.05) is 7.11 Å². The van der Waals surface area contributed by atoms with Crippen molar-refractivity contribution in [3.05, 3.63) is 28.8 Å². The molecule has 1 aliphatic rings. The zero-order valence-electron chi connectivity index (χ0n) is 12.3. The fraction of sp³-hybridized carbons (Fsp3) is 0.625. The quantitative estimate of drug-likeness (QED) is 0.866. The van der Waals surface area contributed by atoms with Crippen LogP contribution in [0.2, 0.25) is 0 Å². The molecule has 0 heterocycles. The minimum absolute atomic E-state index is 0.0773. The Hall–Kier alpha value is -1.02. The summed E-state index contributed by atoms with van der Waals surface area (Å²) >= 11 is 0. The standard InChI is InChI=1S/C16H25NO/c1-11-7-8-12(15(2,3)4)14(18-5)13(11)16(17)9-6-10-16/h7-8H,6,9-10,17H2,1-5H3. The highest BCUT2D eigenvalue weighted by atomic mass is 16.5. The molecule has 2 rings (SSSR count). The molecule has 0 atom stereocenters. The third kappa shape index (κ3) is 2.03. The van der Waals surface area contributed by atoms with Crippen molar-refractivity contribution >= 4 is 0 Å². The van der Waals surface area contributed by atoms with E-state index in [4.69, 9.17) is 10.5 Å². The maximum absolute atomic E-state index is 6.53. The Labute approximate surface area is 111 Å². The summed E-state index contributed by atoms with van der Waals surface area (Å²) in [7, 11) is 1.76. The SMILES string of the molecule is COc1c(C(C)(C)C)ccc(C)c1C1(N)CCC1. The van der Waals surface area contributed by atoms with Gasteiger partial charge in [0.25, 0.3) is 0 Å². The lowest BCUT2D eigenvalue weighted by atomic mass is 9.69. The molecule has 18 heavy (non-hydrogen) atoms. The van der Waals surface area contributed by atoms with Crippen molar-refractivity contribution in [3.8, 4) is 5.75 Å². The summed E-state index contributed by atoms with van der Waals surface area (Å²) < 4.78 is 5.73. The smallest absolute Gasteiger partial charge is 0.127 e. The maximum Gasteiger partial charge on any atom is 0.127 e. The largest absolute Gasteiger partial charge is 0.496 e. The number of benzene rings is 1. The van der Waals surface area contributed by atoms with Gasteiger partial charge in [0.1, 0.15) is 5.75 Å². The first-order valence-electron chi connectivity index (χ1n) is 6.77. The van der Waals surface area contributed by atoms with Gasteiger partial charge >= 0.3 is 0 Å². The average molecular weight is 247 g/mol. The van der Waals surface area contributed by atoms with E-state index in [2.05, 4.69) is 39.8 Å². The van der Waals surface area contributed by atoms with Crippen molar-refractivity contribution < 1.29 is 4.74 Å². The number of hydrogen-bond donors (Lipinski definition) is 1. The monoisotopic (exact) mass is 247 g/mol. The molecule has 0 unspecified atom stereocenters. The zero-order valence-corrected chi connectivity index (χ0v) is 12.3. The molecule has 100 valence electrons. The Morgan fingerprint density at radius 2 is 1.83 bits per heavy atom. The molecule has 2 N–H and O–H groups in total. The van der Waals surface area contributed by atoms with Crippen molar-refractivity contribution in [2.24, 2.45) is 5.73 Å². The van der Waals surface area contributed by atoms with Crippen LogP contribution in [-0.4, -0.2) is 7.11 Å². The number of ether oxygens (including phenoxy) is 1. The van der Waals surface area contributed by atoms with E-state index in [1.54, 1.807) is 7.11 Å². The molecule has 2 heteroatoms. The number of aryl methyl sites for hydroxylation is 1. The summed E-state index contributed by atoms with van der Waals surface area (Å²) in [5.41, 5.74) is 10.2. The van der Waals surface area contributed by atoms with E-state index >= 15 is 0 Å². The van der Waals surface area contributed by atoms with Crippen LogP contribution in [0.25, 0.3) is 0 Å². The van der Waals surface area contributed by atoms with Crippen molar-refractivity contribution in [3.63, 3.8) is 0 Å². The van der Waals surface area contributed by atoms with E-state index in [9.17, 15) is 0 Å². The third-order valence-corrected chi connectivity index (χ3v) is 4.12. The van der Waals surface area contributed by atoms with Crippen LogP contribution in [-0.2, 0) is 11.0 Å². The molecular formula is C16H25NO. The normalized spacial score (nSPS) is 18.3. The molecule has 0 bridgehead atoms. The van der Waals surface area contributed by atoms with E-state index in [-0.39, 0.29) is 11.0 Å². The zero-order chi connectivity index (χ0) is 13.6. The summed E-state index contributed by atoms with van der Waals surface area (Å²) in [6.07, 6.45) is 3.36. The highest BCUT2D eigenvalue weighted by molar-refractivity contribution is 5.53. The Morgan fingerprint density at radius 1 is 1.22 bits per heavy atom. The topological polar surface area (TPSA) is 35.2 Å². The molecule has 0 aromatic heterocycles. The number of methoxy groups -OCH3 is 1. The Bertz CT molecular complexity index is 453. The van der Waals surface area contributed by atoms with Gasteiger partial charge in [0.05, 0.1) is 7.11 Å². The Balaban J connectivity index is 2.64. The van der Waals surface area contributed by atoms with Crippen LogP contribution >= 0.6 is 0 Å². The van der Waals surface area contributed by atoms with Gasteiger partial charge in [-0.3, -0.25) is 0 Å². The first-order chi connectivity index (χ1) is 8.29. The predicted molar refractivity (Wildman–Crippen MR) is 76.1 cm³/mol. The van der Waals surface area contributed by atoms with Crippen LogP contribution in [0, 0.1) is 6.92 Å². The summed E-state index contributed by atoms with van der Waals surface area (Å²) in [6.45, 7) is 8.78. The molecule has 0 spiro atoms. The molecule has 1 aromatic rings. The average Bonchev–Trinajstić information content (AvgIpc) is 2.23. The molecule has 0 radical (unpaired) electrons. The lowest BCUT2D eigenvalue weighted by Gasteiger charge is -2.41. The Morgan fingerprint density at radius 3 is 2.22 bits per heavy atom. The van der Waals surface area contributed by atoms with E-state index in [1.165, 1.54) is 23.1 Å². The van der Waals surface area contributed by atoms with Gasteiger partial charge in [0.2, 0.25) is 0 Å². The lowest BCUT2D eigenvalue weighted by molar-refractivity contribution is 0.241. The van der Waals surface area contributed by atoms with Gasteiger partial charge in [0.15, 0.2) is 0 Å². The van der Waals surface area contributed by atoms with Crippen molar-refractivity contribution in [1.82, 2.24) is 0 Å². The van der Waals surface area contributed by atoms with Crippen LogP contribution in [0.3, 0.4) is 0 Å². The van der Waals surface area contributed by atoms with Gasteiger partial charge in [-0.2, -0.15) is 0 Å². The van der Waals surface area contributed by atoms with Crippen molar-refractivity contribution in [1.29, 1.82) is 0 Å². The van der Waals surface area contributed by atoms with Gasteiger partial charge in [-0.15, -0.1) is 0 Å². The molecule has 1 aliphatic carbocycles. The number of nitrogens with two attached hydrogens (primary N) is 1. The second-order valence-electron chi connectivity index (χ2n) is 6.60. The molecule has 1 fully saturated rings. The van der Waals surface area contributed by atoms with Crippen LogP contribution in [0.15, 0.2) is 12.1 Å². The van der Waals surface area contributed by atoms with E-state index < -0.39 is 0 Å². The highest BCUT2D eigenvalue weighted by Crippen LogP contribution is 2.47. The second-order valence-corrected chi connectivity index (χ2v) is 6.60. The first kappa shape index (κ1) is 13.4. The van der Waals surface area contributed by atoms with Crippen LogP contribution in [0.4, 0.5) is 0 Å². The van der Waals surface area contributed by atoms with Gasteiger partial charge in [-0.1, -0.05) is 32.9 Å². The minimum Gasteiger partial charge on any atom is -0.496 e. The minimum atomic E-state index is -0.170. The number of rotatable bonds is 2. The molecule has 1 saturated carbocycles. The van der Waals surface area contributed by atoms with Crippen LogP contribution in [0.1, 0.15) is 56.7 Å². The lowest BCUT2D eigenvalue weighted by Crippen LogP contribution is -2.44. The van der Waals surface area contributed by atoms with Crippen molar-refractivity contribution in [2.45, 2.75) is 57.9 Å². The predicted octanol–water partition coefficient (Wildman–Crippen LogP) is 3.64. The summed E-state index contributed by atoms with van der Waals surface area (Å²) in [4.78, 5) is 0. The molecule has 1 aromatic carbocycles. The van der Waals surface area contributed by atoms with E-state index in [0.717, 1.165) is 18.6 Å². The fourth-order valence-corrected chi connectivity index (χ4v) is 2.91. The summed E-state index contributed by atoms with van der Waals surface area (Å²) in [5, 5.41) is 0. The highest BCUT2D eigenvalue weighted by Gasteiger charge is 2.39. The molecule has 2 nitrogen and oxygen atoms in total. The molecule has 0 saturated heterocycles. The van der Waals surface area contributed by atoms with Gasteiger partial charge in [0, 0.05) is 11.1 Å². The fourth-order valence-electron chi connectivity index (χ4n) is 2.91. The number of hydrogen-bond acceptors (Lipinski definition) is 2. The van der Waals surface area contributed by atoms with E-state index in [1.807, 2.05) is 0 Å². The maximum atomic E-state index is 6.53. The molecule has 0 aliphatic heterocycles. The van der Waals surface area contributed by atoms with Crippen LogP contribution < -0.4 is 10.5 Å². The van der Waals surface area contributed by atoms with Gasteiger partial charge < -0.3 is 10.5 Å². The second kappa shape index (κ2) is 4.27. The summed E-state index contributed by atoms with van der Waals surface area (Å²) in [5.74, 6) is 1.00. The van der Waals surface area contributed by atoms with Gasteiger partial charge in [-0.05, 0) is 42.7 Å².